The van der Waals surface area contributed by atoms with Gasteiger partial charge in [0.2, 0.25) is 0 Å². The highest BCUT2D eigenvalue weighted by atomic mass is 35.5. The Bertz CT molecular complexity index is 485. The molecule has 0 bridgehead atoms. The van der Waals surface area contributed by atoms with Crippen molar-refractivity contribution in [1.29, 1.82) is 0 Å². The molecule has 1 rings (SSSR count). The van der Waals surface area contributed by atoms with Gasteiger partial charge in [-0.3, -0.25) is 4.79 Å². The number of hydrogen-bond donors (Lipinski definition) is 1. The molecule has 0 aromatic carbocycles. The first kappa shape index (κ1) is 17.0. The fourth-order valence-corrected chi connectivity index (χ4v) is 1.90. The minimum atomic E-state index is -0.234. The summed E-state index contributed by atoms with van der Waals surface area (Å²) in [6, 6.07) is 0.490. The van der Waals surface area contributed by atoms with Crippen molar-refractivity contribution < 1.29 is 0 Å². The van der Waals surface area contributed by atoms with E-state index in [1.54, 1.807) is 6.20 Å². The Morgan fingerprint density at radius 3 is 2.60 bits per heavy atom. The van der Waals surface area contributed by atoms with Gasteiger partial charge in [0.05, 0.1) is 11.9 Å². The van der Waals surface area contributed by atoms with Crippen molar-refractivity contribution in [2.75, 3.05) is 25.5 Å². The highest BCUT2D eigenvalue weighted by molar-refractivity contribution is 6.32. The van der Waals surface area contributed by atoms with Crippen LogP contribution in [0, 0.1) is 5.92 Å². The summed E-state index contributed by atoms with van der Waals surface area (Å²) in [7, 11) is 2.06. The number of aromatic nitrogens is 2. The van der Waals surface area contributed by atoms with Gasteiger partial charge in [0.15, 0.2) is 0 Å². The number of rotatable bonds is 7. The van der Waals surface area contributed by atoms with Crippen molar-refractivity contribution in [3.05, 3.63) is 21.6 Å². The van der Waals surface area contributed by atoms with E-state index >= 15 is 0 Å². The predicted octanol–water partition coefficient (Wildman–Crippen LogP) is 2.30. The number of nitrogens with one attached hydrogen (secondary N) is 1. The van der Waals surface area contributed by atoms with Gasteiger partial charge in [0, 0.05) is 25.7 Å². The fourth-order valence-electron chi connectivity index (χ4n) is 1.69. The Balaban J connectivity index is 2.69. The molecule has 0 aliphatic carbocycles. The van der Waals surface area contributed by atoms with E-state index in [-0.39, 0.29) is 10.6 Å². The minimum absolute atomic E-state index is 0.216. The average Bonchev–Trinajstić information content (AvgIpc) is 2.37. The third-order valence-electron chi connectivity index (χ3n) is 3.18. The third kappa shape index (κ3) is 4.80. The Morgan fingerprint density at radius 2 is 2.05 bits per heavy atom. The lowest BCUT2D eigenvalue weighted by Crippen LogP contribution is -2.32. The molecule has 5 nitrogen and oxygen atoms in total. The molecule has 0 aliphatic rings. The maximum absolute atomic E-state index is 12.0. The van der Waals surface area contributed by atoms with Crippen molar-refractivity contribution in [3.8, 4) is 0 Å². The molecule has 20 heavy (non-hydrogen) atoms. The first-order valence-corrected chi connectivity index (χ1v) is 7.40. The minimum Gasteiger partial charge on any atom is -0.381 e. The van der Waals surface area contributed by atoms with Crippen molar-refractivity contribution in [3.63, 3.8) is 0 Å². The predicted molar refractivity (Wildman–Crippen MR) is 84.6 cm³/mol. The molecule has 1 N–H and O–H groups in total. The number of anilines is 1. The Labute approximate surface area is 125 Å². The van der Waals surface area contributed by atoms with Crippen LogP contribution in [0.1, 0.15) is 27.7 Å². The van der Waals surface area contributed by atoms with Crippen molar-refractivity contribution in [2.24, 2.45) is 5.92 Å². The van der Waals surface area contributed by atoms with Gasteiger partial charge in [0.1, 0.15) is 5.02 Å². The van der Waals surface area contributed by atoms with Gasteiger partial charge in [-0.2, -0.15) is 5.10 Å². The number of hydrogen-bond acceptors (Lipinski definition) is 4. The highest BCUT2D eigenvalue weighted by Gasteiger charge is 2.10. The van der Waals surface area contributed by atoms with Crippen LogP contribution in [0.4, 0.5) is 5.69 Å². The smallest absolute Gasteiger partial charge is 0.287 e. The van der Waals surface area contributed by atoms with E-state index in [1.165, 1.54) is 4.68 Å². The zero-order chi connectivity index (χ0) is 15.3. The molecule has 0 amide bonds. The number of nitrogens with zero attached hydrogens (tertiary/aromatic N) is 3. The maximum atomic E-state index is 12.0. The second-order valence-corrected chi connectivity index (χ2v) is 6.13. The Hall–Kier alpha value is -1.07. The quantitative estimate of drug-likeness (QED) is 0.839. The van der Waals surface area contributed by atoms with Crippen LogP contribution in [0.3, 0.4) is 0 Å². The van der Waals surface area contributed by atoms with E-state index in [4.69, 9.17) is 11.6 Å². The normalized spacial score (nSPS) is 11.7. The molecule has 0 radical (unpaired) electrons. The summed E-state index contributed by atoms with van der Waals surface area (Å²) >= 11 is 6.11. The van der Waals surface area contributed by atoms with Crippen LogP contribution < -0.4 is 10.9 Å². The second kappa shape index (κ2) is 7.64. The topological polar surface area (TPSA) is 50.2 Å². The molecule has 0 saturated carbocycles. The zero-order valence-corrected chi connectivity index (χ0v) is 13.7. The van der Waals surface area contributed by atoms with Gasteiger partial charge in [-0.25, -0.2) is 4.68 Å². The molecule has 1 heterocycles. The van der Waals surface area contributed by atoms with Crippen molar-refractivity contribution in [2.45, 2.75) is 40.3 Å². The Morgan fingerprint density at radius 1 is 1.40 bits per heavy atom. The summed E-state index contributed by atoms with van der Waals surface area (Å²) in [5.74, 6) is 0.356. The van der Waals surface area contributed by atoms with E-state index in [0.29, 0.717) is 24.2 Å². The third-order valence-corrected chi connectivity index (χ3v) is 3.55. The first-order chi connectivity index (χ1) is 9.32. The van der Waals surface area contributed by atoms with Crippen LogP contribution in [0.2, 0.25) is 5.02 Å². The van der Waals surface area contributed by atoms with Gasteiger partial charge in [0.25, 0.3) is 5.56 Å². The summed E-state index contributed by atoms with van der Waals surface area (Å²) in [4.78, 5) is 14.3. The summed E-state index contributed by atoms with van der Waals surface area (Å²) in [5, 5.41) is 7.54. The van der Waals surface area contributed by atoms with E-state index in [9.17, 15) is 4.79 Å². The zero-order valence-electron chi connectivity index (χ0n) is 13.0. The van der Waals surface area contributed by atoms with Gasteiger partial charge in [-0.1, -0.05) is 25.4 Å². The van der Waals surface area contributed by atoms with Crippen LogP contribution in [-0.2, 0) is 6.54 Å². The molecule has 0 atom stereocenters. The molecule has 0 unspecified atom stereocenters. The molecular weight excluding hydrogens is 276 g/mol. The lowest BCUT2D eigenvalue weighted by Gasteiger charge is -2.21. The van der Waals surface area contributed by atoms with E-state index < -0.39 is 0 Å². The van der Waals surface area contributed by atoms with E-state index in [1.807, 2.05) is 13.8 Å². The van der Waals surface area contributed by atoms with E-state index in [2.05, 4.69) is 36.2 Å². The summed E-state index contributed by atoms with van der Waals surface area (Å²) in [5.41, 5.74) is 0.372. The monoisotopic (exact) mass is 300 g/mol. The molecule has 0 aliphatic heterocycles. The molecule has 0 spiro atoms. The Kier molecular flexibility index (Phi) is 6.49. The number of halogens is 1. The lowest BCUT2D eigenvalue weighted by molar-refractivity contribution is 0.284. The standard InChI is InChI=1S/C14H25ClN4O/c1-10(2)9-19-14(20)13(15)12(8-17-19)16-6-7-18(5)11(3)4/h8,10-11,16H,6-7,9H2,1-5H3. The van der Waals surface area contributed by atoms with Crippen LogP contribution in [0.15, 0.2) is 11.0 Å². The molecule has 0 fully saturated rings. The van der Waals surface area contributed by atoms with Gasteiger partial charge >= 0.3 is 0 Å². The highest BCUT2D eigenvalue weighted by Crippen LogP contribution is 2.15. The molecule has 6 heteroatoms. The lowest BCUT2D eigenvalue weighted by atomic mass is 10.2. The SMILES string of the molecule is CC(C)Cn1ncc(NCCN(C)C(C)C)c(Cl)c1=O. The van der Waals surface area contributed by atoms with Crippen LogP contribution in [0.25, 0.3) is 0 Å². The maximum Gasteiger partial charge on any atom is 0.287 e. The molecule has 0 saturated heterocycles. The van der Waals surface area contributed by atoms with Gasteiger partial charge in [-0.15, -0.1) is 0 Å². The summed E-state index contributed by atoms with van der Waals surface area (Å²) in [6.07, 6.45) is 1.63. The van der Waals surface area contributed by atoms with Crippen LogP contribution in [-0.4, -0.2) is 40.9 Å². The molecular formula is C14H25ClN4O. The number of likely N-dealkylation sites (N-methyl/N-ethyl adjacent to an activating group) is 1. The second-order valence-electron chi connectivity index (χ2n) is 5.75. The average molecular weight is 301 g/mol. The van der Waals surface area contributed by atoms with Gasteiger partial charge < -0.3 is 10.2 Å². The van der Waals surface area contributed by atoms with Crippen molar-refractivity contribution in [1.82, 2.24) is 14.7 Å². The van der Waals surface area contributed by atoms with Crippen LogP contribution >= 0.6 is 11.6 Å². The fraction of sp³-hybridized carbons (Fsp3) is 0.714. The molecule has 1 aromatic rings. The van der Waals surface area contributed by atoms with E-state index in [0.717, 1.165) is 13.1 Å². The van der Waals surface area contributed by atoms with Crippen LogP contribution in [0.5, 0.6) is 0 Å². The van der Waals surface area contributed by atoms with Gasteiger partial charge in [-0.05, 0) is 26.8 Å². The van der Waals surface area contributed by atoms with Crippen molar-refractivity contribution >= 4 is 17.3 Å². The largest absolute Gasteiger partial charge is 0.381 e. The summed E-state index contributed by atoms with van der Waals surface area (Å²) in [6.45, 7) is 10.5. The molecule has 1 aromatic heterocycles. The summed E-state index contributed by atoms with van der Waals surface area (Å²) < 4.78 is 1.42. The first-order valence-electron chi connectivity index (χ1n) is 7.02. The molecule has 114 valence electrons.